The van der Waals surface area contributed by atoms with Crippen molar-refractivity contribution >= 4 is 0 Å². The molecule has 0 bridgehead atoms. The summed E-state index contributed by atoms with van der Waals surface area (Å²) < 4.78 is 107. The Morgan fingerprint density at radius 3 is 1.84 bits per heavy atom. The molecule has 0 saturated heterocycles. The van der Waals surface area contributed by atoms with Crippen LogP contribution in [0.25, 0.3) is 0 Å². The van der Waals surface area contributed by atoms with Crippen LogP contribution in [0.1, 0.15) is 76.7 Å². The molecule has 2 aliphatic rings. The third-order valence-electron chi connectivity index (χ3n) is 8.18. The molecule has 0 heterocycles. The van der Waals surface area contributed by atoms with Crippen LogP contribution in [0.4, 0.5) is 30.7 Å². The van der Waals surface area contributed by atoms with E-state index in [0.717, 1.165) is 43.6 Å². The first-order valence-corrected chi connectivity index (χ1v) is 13.4. The molecule has 0 unspecified atom stereocenters. The molecule has 2 fully saturated rings. The maximum Gasteiger partial charge on any atom is 0.429 e. The molecule has 0 spiro atoms. The molecule has 9 heteroatoms. The van der Waals surface area contributed by atoms with Gasteiger partial charge in [0.25, 0.3) is 0 Å². The molecule has 0 atom stereocenters. The van der Waals surface area contributed by atoms with Crippen LogP contribution in [0.5, 0.6) is 11.5 Å². The number of ether oxygens (including phenoxy) is 2. The highest BCUT2D eigenvalue weighted by molar-refractivity contribution is 5.34. The van der Waals surface area contributed by atoms with Crippen LogP contribution in [0.2, 0.25) is 0 Å². The number of rotatable bonds is 9. The lowest BCUT2D eigenvalue weighted by Crippen LogP contribution is -2.27. The van der Waals surface area contributed by atoms with Crippen molar-refractivity contribution in [3.05, 3.63) is 58.9 Å². The summed E-state index contributed by atoms with van der Waals surface area (Å²) in [6, 6.07) is 1.83. The molecule has 210 valence electrons. The number of hydrogen-bond donors (Lipinski definition) is 0. The molecule has 0 amide bonds. The van der Waals surface area contributed by atoms with Crippen molar-refractivity contribution in [2.24, 2.45) is 23.7 Å². The summed E-state index contributed by atoms with van der Waals surface area (Å²) in [5.74, 6) is -8.03. The largest absolute Gasteiger partial charge is 0.490 e. The highest BCUT2D eigenvalue weighted by Gasteiger charge is 2.40. The van der Waals surface area contributed by atoms with Gasteiger partial charge in [-0.1, -0.05) is 32.6 Å². The second kappa shape index (κ2) is 12.2. The summed E-state index contributed by atoms with van der Waals surface area (Å²) in [5, 5.41) is 0. The average molecular weight is 547 g/mol. The van der Waals surface area contributed by atoms with E-state index in [1.165, 1.54) is 38.5 Å². The molecule has 0 N–H and O–H groups in total. The van der Waals surface area contributed by atoms with Gasteiger partial charge in [0.1, 0.15) is 11.3 Å². The van der Waals surface area contributed by atoms with Gasteiger partial charge in [0.15, 0.2) is 29.0 Å². The van der Waals surface area contributed by atoms with Gasteiger partial charge in [0, 0.05) is 12.1 Å². The Labute approximate surface area is 218 Å². The van der Waals surface area contributed by atoms with Crippen LogP contribution in [0, 0.1) is 52.8 Å². The van der Waals surface area contributed by atoms with Crippen molar-refractivity contribution in [2.45, 2.75) is 77.2 Å². The van der Waals surface area contributed by atoms with Crippen molar-refractivity contribution in [1.82, 2.24) is 0 Å². The zero-order chi connectivity index (χ0) is 27.4. The van der Waals surface area contributed by atoms with E-state index in [0.29, 0.717) is 12.0 Å². The third-order valence-corrected chi connectivity index (χ3v) is 8.18. The Balaban J connectivity index is 1.31. The summed E-state index contributed by atoms with van der Waals surface area (Å²) in [5.41, 5.74) is -1.48. The molecule has 2 aliphatic carbocycles. The third kappa shape index (κ3) is 6.57. The van der Waals surface area contributed by atoms with Gasteiger partial charge in [-0.15, -0.1) is 0 Å². The summed E-state index contributed by atoms with van der Waals surface area (Å²) in [4.78, 5) is 0. The van der Waals surface area contributed by atoms with Crippen molar-refractivity contribution < 1.29 is 40.2 Å². The summed E-state index contributed by atoms with van der Waals surface area (Å²) >= 11 is 0. The standard InChI is InChI=1S/C29H33F7O2/c1-2-3-17-4-8-19(9-5-17)20-10-6-18(7-11-20)16-37-25-13-12-22(26(32)28(25)34)29(35,36)38-21-14-23(30)27(33)24(31)15-21/h12-15,17-20H,2-11,16H2,1H3. The number of alkyl halides is 2. The lowest BCUT2D eigenvalue weighted by Gasteiger charge is -2.37. The van der Waals surface area contributed by atoms with Crippen LogP contribution in [0.15, 0.2) is 24.3 Å². The molecular weight excluding hydrogens is 513 g/mol. The monoisotopic (exact) mass is 546 g/mol. The van der Waals surface area contributed by atoms with Gasteiger partial charge in [0.05, 0.1) is 6.61 Å². The number of halogens is 7. The van der Waals surface area contributed by atoms with E-state index >= 15 is 0 Å². The number of benzene rings is 2. The first kappa shape index (κ1) is 28.6. The van der Waals surface area contributed by atoms with Crippen molar-refractivity contribution in [3.8, 4) is 11.5 Å². The second-order valence-corrected chi connectivity index (χ2v) is 10.7. The Hall–Kier alpha value is -2.45. The van der Waals surface area contributed by atoms with Crippen LogP contribution >= 0.6 is 0 Å². The van der Waals surface area contributed by atoms with Gasteiger partial charge in [-0.3, -0.25) is 0 Å². The van der Waals surface area contributed by atoms with E-state index in [1.54, 1.807) is 0 Å². The van der Waals surface area contributed by atoms with E-state index in [1.807, 2.05) is 0 Å². The van der Waals surface area contributed by atoms with Crippen LogP contribution in [0.3, 0.4) is 0 Å². The first-order chi connectivity index (χ1) is 18.1. The smallest absolute Gasteiger partial charge is 0.429 e. The first-order valence-electron chi connectivity index (χ1n) is 13.4. The molecule has 0 aromatic heterocycles. The van der Waals surface area contributed by atoms with Crippen LogP contribution in [-0.4, -0.2) is 6.61 Å². The fourth-order valence-electron chi connectivity index (χ4n) is 6.05. The van der Waals surface area contributed by atoms with Crippen LogP contribution in [-0.2, 0) is 6.11 Å². The maximum absolute atomic E-state index is 14.6. The summed E-state index contributed by atoms with van der Waals surface area (Å²) in [6.07, 6.45) is 7.22. The fourth-order valence-corrected chi connectivity index (χ4v) is 6.05. The van der Waals surface area contributed by atoms with E-state index in [-0.39, 0.29) is 24.7 Å². The average Bonchev–Trinajstić information content (AvgIpc) is 2.88. The van der Waals surface area contributed by atoms with Gasteiger partial charge in [-0.05, 0) is 74.3 Å². The zero-order valence-electron chi connectivity index (χ0n) is 21.4. The minimum Gasteiger partial charge on any atom is -0.490 e. The van der Waals surface area contributed by atoms with E-state index in [9.17, 15) is 30.7 Å². The van der Waals surface area contributed by atoms with Gasteiger partial charge in [0.2, 0.25) is 5.82 Å². The van der Waals surface area contributed by atoms with Crippen molar-refractivity contribution in [1.29, 1.82) is 0 Å². The molecule has 0 radical (unpaired) electrons. The van der Waals surface area contributed by atoms with Gasteiger partial charge >= 0.3 is 6.11 Å². The molecule has 2 saturated carbocycles. The van der Waals surface area contributed by atoms with E-state index in [2.05, 4.69) is 11.7 Å². The quantitative estimate of drug-likeness (QED) is 0.231. The maximum atomic E-state index is 14.6. The molecular formula is C29H33F7O2. The summed E-state index contributed by atoms with van der Waals surface area (Å²) in [7, 11) is 0. The number of hydrogen-bond acceptors (Lipinski definition) is 2. The Kier molecular flexibility index (Phi) is 9.14. The Morgan fingerprint density at radius 2 is 1.29 bits per heavy atom. The van der Waals surface area contributed by atoms with E-state index in [4.69, 9.17) is 4.74 Å². The molecule has 2 aromatic rings. The lowest BCUT2D eigenvalue weighted by molar-refractivity contribution is -0.188. The van der Waals surface area contributed by atoms with Crippen LogP contribution < -0.4 is 9.47 Å². The molecule has 2 nitrogen and oxygen atoms in total. The minimum atomic E-state index is -4.49. The highest BCUT2D eigenvalue weighted by Crippen LogP contribution is 2.43. The zero-order valence-corrected chi connectivity index (χ0v) is 21.4. The molecule has 2 aromatic carbocycles. The second-order valence-electron chi connectivity index (χ2n) is 10.7. The van der Waals surface area contributed by atoms with Gasteiger partial charge in [-0.2, -0.15) is 13.2 Å². The SMILES string of the molecule is CCCC1CCC(C2CCC(COc3ccc(C(F)(F)Oc4cc(F)c(F)c(F)c4)c(F)c3F)CC2)CC1. The Bertz CT molecular complexity index is 1070. The predicted molar refractivity (Wildman–Crippen MR) is 128 cm³/mol. The Morgan fingerprint density at radius 1 is 0.737 bits per heavy atom. The molecule has 38 heavy (non-hydrogen) atoms. The summed E-state index contributed by atoms with van der Waals surface area (Å²) in [6.45, 7) is 2.38. The topological polar surface area (TPSA) is 18.5 Å². The van der Waals surface area contributed by atoms with Gasteiger partial charge < -0.3 is 9.47 Å². The van der Waals surface area contributed by atoms with E-state index < -0.39 is 52.3 Å². The fraction of sp³-hybridized carbons (Fsp3) is 0.586. The van der Waals surface area contributed by atoms with Gasteiger partial charge in [-0.25, -0.2) is 17.6 Å². The normalized spacial score (nSPS) is 24.3. The lowest BCUT2D eigenvalue weighted by atomic mass is 9.69. The minimum absolute atomic E-state index is 0.146. The van der Waals surface area contributed by atoms with Crippen molar-refractivity contribution in [2.75, 3.05) is 6.61 Å². The molecule has 4 rings (SSSR count). The van der Waals surface area contributed by atoms with Crippen molar-refractivity contribution in [3.63, 3.8) is 0 Å². The highest BCUT2D eigenvalue weighted by atomic mass is 19.3. The molecule has 0 aliphatic heterocycles. The predicted octanol–water partition coefficient (Wildman–Crippen LogP) is 9.30.